The van der Waals surface area contributed by atoms with Gasteiger partial charge in [0.15, 0.2) is 10.8 Å². The monoisotopic (exact) mass is 350 g/mol. The third-order valence-corrected chi connectivity index (χ3v) is 3.74. The van der Waals surface area contributed by atoms with Gasteiger partial charge in [-0.05, 0) is 60.1 Å². The summed E-state index contributed by atoms with van der Waals surface area (Å²) in [7, 11) is 0. The zero-order valence-electron chi connectivity index (χ0n) is 11.6. The molecule has 2 N–H and O–H groups in total. The quantitative estimate of drug-likeness (QED) is 0.879. The van der Waals surface area contributed by atoms with Crippen LogP contribution in [0.3, 0.4) is 0 Å². The van der Waals surface area contributed by atoms with E-state index in [1.165, 1.54) is 0 Å². The fraction of sp³-hybridized carbons (Fsp3) is 0.267. The molecule has 2 heterocycles. The van der Waals surface area contributed by atoms with E-state index in [9.17, 15) is 4.79 Å². The lowest BCUT2D eigenvalue weighted by Gasteiger charge is -2.24. The van der Waals surface area contributed by atoms with E-state index >= 15 is 0 Å². The maximum absolute atomic E-state index is 11.6. The Kier molecular flexibility index (Phi) is 3.63. The van der Waals surface area contributed by atoms with E-state index < -0.39 is 6.10 Å². The van der Waals surface area contributed by atoms with E-state index in [4.69, 9.17) is 9.15 Å². The third-order valence-electron chi connectivity index (χ3n) is 3.31. The summed E-state index contributed by atoms with van der Waals surface area (Å²) >= 11 is 3.29. The van der Waals surface area contributed by atoms with E-state index in [1.807, 2.05) is 37.3 Å². The van der Waals surface area contributed by atoms with Crippen molar-refractivity contribution in [2.75, 3.05) is 10.6 Å². The molecule has 2 unspecified atom stereocenters. The van der Waals surface area contributed by atoms with Gasteiger partial charge in [-0.3, -0.25) is 4.79 Å². The molecule has 6 heteroatoms. The number of hydrogen-bond acceptors (Lipinski definition) is 4. The maximum Gasteiger partial charge on any atom is 0.265 e. The highest BCUT2D eigenvalue weighted by Crippen LogP contribution is 2.33. The second-order valence-corrected chi connectivity index (χ2v) is 5.75. The van der Waals surface area contributed by atoms with Crippen LogP contribution in [-0.2, 0) is 4.79 Å². The van der Waals surface area contributed by atoms with Crippen molar-refractivity contribution in [1.29, 1.82) is 0 Å². The lowest BCUT2D eigenvalue weighted by molar-refractivity contribution is -0.122. The molecular formula is C15H15BrN2O3. The Bertz CT molecular complexity index is 683. The average molecular weight is 351 g/mol. The SMILES string of the molecule is CC1Oc2ccc(NC(C)c3ccc(Br)o3)cc2NC1=O. The van der Waals surface area contributed by atoms with Crippen molar-refractivity contribution in [3.8, 4) is 5.75 Å². The number of anilines is 2. The number of halogens is 1. The second-order valence-electron chi connectivity index (χ2n) is 4.97. The van der Waals surface area contributed by atoms with Crippen molar-refractivity contribution in [3.63, 3.8) is 0 Å². The number of ether oxygens (including phenoxy) is 1. The van der Waals surface area contributed by atoms with E-state index in [2.05, 4.69) is 26.6 Å². The van der Waals surface area contributed by atoms with Gasteiger partial charge in [0.05, 0.1) is 11.7 Å². The second kappa shape index (κ2) is 5.44. The van der Waals surface area contributed by atoms with Crippen LogP contribution in [0.1, 0.15) is 25.6 Å². The molecule has 5 nitrogen and oxygen atoms in total. The molecule has 0 saturated heterocycles. The topological polar surface area (TPSA) is 63.5 Å². The van der Waals surface area contributed by atoms with Crippen LogP contribution in [0.25, 0.3) is 0 Å². The summed E-state index contributed by atoms with van der Waals surface area (Å²) in [5, 5.41) is 6.16. The fourth-order valence-electron chi connectivity index (χ4n) is 2.18. The number of carbonyl (C=O) groups is 1. The summed E-state index contributed by atoms with van der Waals surface area (Å²) in [5.74, 6) is 1.37. The molecule has 0 fully saturated rings. The van der Waals surface area contributed by atoms with Crippen LogP contribution in [0.15, 0.2) is 39.4 Å². The summed E-state index contributed by atoms with van der Waals surface area (Å²) in [5.41, 5.74) is 1.56. The Morgan fingerprint density at radius 3 is 2.86 bits per heavy atom. The van der Waals surface area contributed by atoms with Crippen LogP contribution in [0.4, 0.5) is 11.4 Å². The molecule has 0 spiro atoms. The average Bonchev–Trinajstić information content (AvgIpc) is 2.87. The number of nitrogens with one attached hydrogen (secondary N) is 2. The first-order valence-corrected chi connectivity index (χ1v) is 7.45. The molecule has 0 saturated carbocycles. The van der Waals surface area contributed by atoms with Crippen molar-refractivity contribution < 1.29 is 13.9 Å². The number of furan rings is 1. The van der Waals surface area contributed by atoms with Crippen molar-refractivity contribution in [2.45, 2.75) is 26.0 Å². The number of amides is 1. The smallest absolute Gasteiger partial charge is 0.265 e. The number of rotatable bonds is 3. The Hall–Kier alpha value is -1.95. The highest BCUT2D eigenvalue weighted by atomic mass is 79.9. The van der Waals surface area contributed by atoms with E-state index in [0.29, 0.717) is 16.1 Å². The fourth-order valence-corrected chi connectivity index (χ4v) is 2.50. The van der Waals surface area contributed by atoms with E-state index in [0.717, 1.165) is 11.4 Å². The van der Waals surface area contributed by atoms with Crippen LogP contribution in [0.5, 0.6) is 5.75 Å². The molecule has 1 aliphatic rings. The molecule has 110 valence electrons. The molecule has 2 atom stereocenters. The third kappa shape index (κ3) is 2.90. The Morgan fingerprint density at radius 1 is 1.33 bits per heavy atom. The van der Waals surface area contributed by atoms with Crippen LogP contribution in [0.2, 0.25) is 0 Å². The van der Waals surface area contributed by atoms with Crippen molar-refractivity contribution in [2.24, 2.45) is 0 Å². The number of hydrogen-bond donors (Lipinski definition) is 2. The van der Waals surface area contributed by atoms with Gasteiger partial charge in [-0.1, -0.05) is 0 Å². The number of benzene rings is 1. The van der Waals surface area contributed by atoms with Gasteiger partial charge in [-0.15, -0.1) is 0 Å². The molecule has 0 bridgehead atoms. The summed E-state index contributed by atoms with van der Waals surface area (Å²) in [4.78, 5) is 11.6. The Morgan fingerprint density at radius 2 is 2.14 bits per heavy atom. The summed E-state index contributed by atoms with van der Waals surface area (Å²) < 4.78 is 11.7. The molecule has 1 aliphatic heterocycles. The summed E-state index contributed by atoms with van der Waals surface area (Å²) in [6.07, 6.45) is -0.462. The minimum Gasteiger partial charge on any atom is -0.479 e. The van der Waals surface area contributed by atoms with E-state index in [-0.39, 0.29) is 11.9 Å². The lowest BCUT2D eigenvalue weighted by Crippen LogP contribution is -2.34. The molecule has 0 radical (unpaired) electrons. The standard InChI is InChI=1S/C15H15BrN2O3/c1-8(12-5-6-14(16)21-12)17-10-3-4-13-11(7-10)18-15(19)9(2)20-13/h3-9,17H,1-2H3,(H,18,19). The first kappa shape index (κ1) is 14.0. The summed E-state index contributed by atoms with van der Waals surface area (Å²) in [6, 6.07) is 9.39. The molecule has 0 aliphatic carbocycles. The van der Waals surface area contributed by atoms with Gasteiger partial charge >= 0.3 is 0 Å². The predicted octanol–water partition coefficient (Wildman–Crippen LogP) is 3.93. The van der Waals surface area contributed by atoms with Crippen molar-refractivity contribution in [1.82, 2.24) is 0 Å². The van der Waals surface area contributed by atoms with Gasteiger partial charge < -0.3 is 19.8 Å². The first-order valence-electron chi connectivity index (χ1n) is 6.66. The van der Waals surface area contributed by atoms with Gasteiger partial charge in [-0.25, -0.2) is 0 Å². The maximum atomic E-state index is 11.6. The molecule has 1 amide bonds. The van der Waals surface area contributed by atoms with Gasteiger partial charge in [-0.2, -0.15) is 0 Å². The molecular weight excluding hydrogens is 336 g/mol. The van der Waals surface area contributed by atoms with Crippen LogP contribution < -0.4 is 15.4 Å². The van der Waals surface area contributed by atoms with Crippen LogP contribution in [-0.4, -0.2) is 12.0 Å². The zero-order chi connectivity index (χ0) is 15.0. The molecule has 21 heavy (non-hydrogen) atoms. The zero-order valence-corrected chi connectivity index (χ0v) is 13.2. The van der Waals surface area contributed by atoms with Gasteiger partial charge in [0.25, 0.3) is 5.91 Å². The van der Waals surface area contributed by atoms with Crippen LogP contribution >= 0.6 is 15.9 Å². The van der Waals surface area contributed by atoms with Gasteiger partial charge in [0.1, 0.15) is 11.5 Å². The van der Waals surface area contributed by atoms with Gasteiger partial charge in [0.2, 0.25) is 0 Å². The Labute approximate surface area is 130 Å². The highest BCUT2D eigenvalue weighted by Gasteiger charge is 2.23. The predicted molar refractivity (Wildman–Crippen MR) is 83.6 cm³/mol. The van der Waals surface area contributed by atoms with E-state index in [1.54, 1.807) is 6.92 Å². The largest absolute Gasteiger partial charge is 0.479 e. The normalized spacial score (nSPS) is 18.4. The lowest BCUT2D eigenvalue weighted by atomic mass is 10.2. The molecule has 3 rings (SSSR count). The number of carbonyl (C=O) groups excluding carboxylic acids is 1. The first-order chi connectivity index (χ1) is 10.0. The Balaban J connectivity index is 1.78. The highest BCUT2D eigenvalue weighted by molar-refractivity contribution is 9.10. The molecule has 1 aromatic heterocycles. The minimum absolute atomic E-state index is 0.00786. The van der Waals surface area contributed by atoms with Gasteiger partial charge in [0, 0.05) is 5.69 Å². The molecule has 1 aromatic carbocycles. The van der Waals surface area contributed by atoms with Crippen molar-refractivity contribution in [3.05, 3.63) is 40.8 Å². The van der Waals surface area contributed by atoms with Crippen LogP contribution in [0, 0.1) is 0 Å². The van der Waals surface area contributed by atoms with Crippen molar-refractivity contribution >= 4 is 33.2 Å². The summed E-state index contributed by atoms with van der Waals surface area (Å²) in [6.45, 7) is 3.73. The number of fused-ring (bicyclic) bond motifs is 1. The molecule has 2 aromatic rings. The minimum atomic E-state index is -0.462.